The summed E-state index contributed by atoms with van der Waals surface area (Å²) < 4.78 is 1.86. The highest BCUT2D eigenvalue weighted by molar-refractivity contribution is 5.65. The van der Waals surface area contributed by atoms with Crippen LogP contribution < -0.4 is 4.90 Å². The van der Waals surface area contributed by atoms with Crippen LogP contribution in [0.3, 0.4) is 0 Å². The van der Waals surface area contributed by atoms with Gasteiger partial charge in [-0.3, -0.25) is 0 Å². The van der Waals surface area contributed by atoms with Crippen molar-refractivity contribution < 1.29 is 0 Å². The SMILES string of the molecule is CC1CCCCN1c1cc(-c2ccccc2)nc2ncnn12. The van der Waals surface area contributed by atoms with Crippen LogP contribution in [0.4, 0.5) is 5.82 Å². The number of nitrogens with zero attached hydrogens (tertiary/aromatic N) is 5. The van der Waals surface area contributed by atoms with Crippen LogP contribution in [-0.2, 0) is 0 Å². The molecule has 0 N–H and O–H groups in total. The molecule has 0 radical (unpaired) electrons. The molecule has 1 saturated heterocycles. The molecule has 1 aliphatic heterocycles. The number of benzene rings is 1. The zero-order valence-electron chi connectivity index (χ0n) is 12.7. The van der Waals surface area contributed by atoms with Crippen molar-refractivity contribution in [2.45, 2.75) is 32.2 Å². The first-order chi connectivity index (χ1) is 10.8. The van der Waals surface area contributed by atoms with E-state index in [1.807, 2.05) is 22.7 Å². The standard InChI is InChI=1S/C17H19N5/c1-13-7-5-6-10-21(13)16-11-15(14-8-3-2-4-9-14)20-17-18-12-19-22(16)17/h2-4,8-9,11-13H,5-7,10H2,1H3. The lowest BCUT2D eigenvalue weighted by Crippen LogP contribution is -2.38. The first-order valence-corrected chi connectivity index (χ1v) is 7.86. The largest absolute Gasteiger partial charge is 0.354 e. The van der Waals surface area contributed by atoms with Gasteiger partial charge in [0.05, 0.1) is 5.69 Å². The minimum atomic E-state index is 0.521. The molecule has 0 saturated carbocycles. The van der Waals surface area contributed by atoms with Gasteiger partial charge in [-0.15, -0.1) is 0 Å². The van der Waals surface area contributed by atoms with Crippen LogP contribution in [0.2, 0.25) is 0 Å². The molecular weight excluding hydrogens is 274 g/mol. The smallest absolute Gasteiger partial charge is 0.254 e. The average Bonchev–Trinajstić information content (AvgIpc) is 3.04. The number of aromatic nitrogens is 4. The molecule has 1 aliphatic rings. The maximum absolute atomic E-state index is 4.65. The van der Waals surface area contributed by atoms with Crippen LogP contribution in [0.15, 0.2) is 42.7 Å². The number of hydrogen-bond acceptors (Lipinski definition) is 4. The van der Waals surface area contributed by atoms with Crippen molar-refractivity contribution in [1.29, 1.82) is 0 Å². The van der Waals surface area contributed by atoms with Crippen LogP contribution in [-0.4, -0.2) is 32.2 Å². The molecule has 4 rings (SSSR count). The molecule has 1 aromatic carbocycles. The molecule has 1 unspecified atom stereocenters. The zero-order valence-corrected chi connectivity index (χ0v) is 12.7. The maximum atomic E-state index is 4.65. The molecule has 1 fully saturated rings. The minimum Gasteiger partial charge on any atom is -0.354 e. The second-order valence-corrected chi connectivity index (χ2v) is 5.88. The molecule has 5 heteroatoms. The molecule has 2 aromatic heterocycles. The van der Waals surface area contributed by atoms with E-state index in [2.05, 4.69) is 45.1 Å². The van der Waals surface area contributed by atoms with Crippen molar-refractivity contribution in [1.82, 2.24) is 19.6 Å². The number of piperidine rings is 1. The van der Waals surface area contributed by atoms with Crippen molar-refractivity contribution in [2.24, 2.45) is 0 Å². The fourth-order valence-corrected chi connectivity index (χ4v) is 3.20. The summed E-state index contributed by atoms with van der Waals surface area (Å²) in [5.74, 6) is 1.75. The highest BCUT2D eigenvalue weighted by atomic mass is 15.4. The fraction of sp³-hybridized carbons (Fsp3) is 0.353. The lowest BCUT2D eigenvalue weighted by Gasteiger charge is -2.35. The van der Waals surface area contributed by atoms with Gasteiger partial charge < -0.3 is 4.90 Å². The summed E-state index contributed by atoms with van der Waals surface area (Å²) in [6.45, 7) is 3.35. The Labute approximate surface area is 129 Å². The van der Waals surface area contributed by atoms with Gasteiger partial charge in [0, 0.05) is 24.2 Å². The Balaban J connectivity index is 1.87. The van der Waals surface area contributed by atoms with E-state index in [9.17, 15) is 0 Å². The van der Waals surface area contributed by atoms with Crippen LogP contribution in [0.25, 0.3) is 17.0 Å². The van der Waals surface area contributed by atoms with E-state index in [4.69, 9.17) is 0 Å². The Morgan fingerprint density at radius 2 is 2.00 bits per heavy atom. The predicted molar refractivity (Wildman–Crippen MR) is 86.9 cm³/mol. The monoisotopic (exact) mass is 293 g/mol. The van der Waals surface area contributed by atoms with Gasteiger partial charge in [-0.2, -0.15) is 14.6 Å². The number of hydrogen-bond donors (Lipinski definition) is 0. The predicted octanol–water partition coefficient (Wildman–Crippen LogP) is 3.17. The van der Waals surface area contributed by atoms with E-state index >= 15 is 0 Å². The maximum Gasteiger partial charge on any atom is 0.254 e. The summed E-state index contributed by atoms with van der Waals surface area (Å²) in [6, 6.07) is 12.9. The van der Waals surface area contributed by atoms with Crippen molar-refractivity contribution in [2.75, 3.05) is 11.4 Å². The summed E-state index contributed by atoms with van der Waals surface area (Å²) in [6.07, 6.45) is 5.33. The van der Waals surface area contributed by atoms with E-state index in [1.54, 1.807) is 6.33 Å². The number of fused-ring (bicyclic) bond motifs is 1. The second-order valence-electron chi connectivity index (χ2n) is 5.88. The average molecular weight is 293 g/mol. The van der Waals surface area contributed by atoms with Gasteiger partial charge in [-0.25, -0.2) is 4.98 Å². The molecule has 0 bridgehead atoms. The van der Waals surface area contributed by atoms with Crippen LogP contribution in [0.5, 0.6) is 0 Å². The van der Waals surface area contributed by atoms with E-state index in [0.717, 1.165) is 23.6 Å². The lowest BCUT2D eigenvalue weighted by atomic mass is 10.0. The Hall–Kier alpha value is -2.43. The molecule has 3 heterocycles. The Morgan fingerprint density at radius 3 is 2.82 bits per heavy atom. The third-order valence-corrected chi connectivity index (χ3v) is 4.40. The van der Waals surface area contributed by atoms with Crippen LogP contribution in [0, 0.1) is 0 Å². The zero-order chi connectivity index (χ0) is 14.9. The van der Waals surface area contributed by atoms with Crippen molar-refractivity contribution in [3.8, 4) is 11.3 Å². The first-order valence-electron chi connectivity index (χ1n) is 7.86. The van der Waals surface area contributed by atoms with Crippen LogP contribution >= 0.6 is 0 Å². The van der Waals surface area contributed by atoms with Gasteiger partial charge in [0.1, 0.15) is 12.1 Å². The molecule has 22 heavy (non-hydrogen) atoms. The summed E-state index contributed by atoms with van der Waals surface area (Å²) in [5, 5.41) is 4.36. The molecule has 0 aliphatic carbocycles. The summed E-state index contributed by atoms with van der Waals surface area (Å²) in [4.78, 5) is 11.4. The lowest BCUT2D eigenvalue weighted by molar-refractivity contribution is 0.478. The topological polar surface area (TPSA) is 46.3 Å². The van der Waals surface area contributed by atoms with Gasteiger partial charge in [0.2, 0.25) is 0 Å². The third-order valence-electron chi connectivity index (χ3n) is 4.40. The van der Waals surface area contributed by atoms with Crippen molar-refractivity contribution >= 4 is 11.6 Å². The van der Waals surface area contributed by atoms with Crippen molar-refractivity contribution in [3.05, 3.63) is 42.7 Å². The van der Waals surface area contributed by atoms with Gasteiger partial charge in [0.15, 0.2) is 0 Å². The molecular formula is C17H19N5. The molecule has 5 nitrogen and oxygen atoms in total. The van der Waals surface area contributed by atoms with Crippen LogP contribution in [0.1, 0.15) is 26.2 Å². The third kappa shape index (κ3) is 2.22. The van der Waals surface area contributed by atoms with Gasteiger partial charge in [0.25, 0.3) is 5.78 Å². The Bertz CT molecular complexity index is 780. The minimum absolute atomic E-state index is 0.521. The van der Waals surface area contributed by atoms with Gasteiger partial charge in [-0.1, -0.05) is 30.3 Å². The molecule has 112 valence electrons. The summed E-state index contributed by atoms with van der Waals surface area (Å²) in [5.41, 5.74) is 2.06. The Morgan fingerprint density at radius 1 is 1.14 bits per heavy atom. The van der Waals surface area contributed by atoms with E-state index < -0.39 is 0 Å². The summed E-state index contributed by atoms with van der Waals surface area (Å²) in [7, 11) is 0. The summed E-state index contributed by atoms with van der Waals surface area (Å²) >= 11 is 0. The van der Waals surface area contributed by atoms with E-state index in [0.29, 0.717) is 11.8 Å². The molecule has 3 aromatic rings. The van der Waals surface area contributed by atoms with E-state index in [-0.39, 0.29) is 0 Å². The fourth-order valence-electron chi connectivity index (χ4n) is 3.20. The Kier molecular flexibility index (Phi) is 3.25. The van der Waals surface area contributed by atoms with Gasteiger partial charge in [-0.05, 0) is 26.2 Å². The highest BCUT2D eigenvalue weighted by Crippen LogP contribution is 2.28. The van der Waals surface area contributed by atoms with Crippen molar-refractivity contribution in [3.63, 3.8) is 0 Å². The van der Waals surface area contributed by atoms with E-state index in [1.165, 1.54) is 19.3 Å². The first kappa shape index (κ1) is 13.2. The highest BCUT2D eigenvalue weighted by Gasteiger charge is 2.22. The quantitative estimate of drug-likeness (QED) is 0.728. The molecule has 0 amide bonds. The number of anilines is 1. The molecule has 0 spiro atoms. The number of rotatable bonds is 2. The molecule has 1 atom stereocenters. The normalized spacial score (nSPS) is 18.8. The van der Waals surface area contributed by atoms with Gasteiger partial charge >= 0.3 is 0 Å². The second kappa shape index (κ2) is 5.40.